The third-order valence-electron chi connectivity index (χ3n) is 1.62. The largest absolute Gasteiger partial charge is 0.405 e. The van der Waals surface area contributed by atoms with Crippen LogP contribution in [0.15, 0.2) is 18.2 Å². The summed E-state index contributed by atoms with van der Waals surface area (Å²) in [6.45, 7) is -1.41. The fourth-order valence-electron chi connectivity index (χ4n) is 0.947. The summed E-state index contributed by atoms with van der Waals surface area (Å²) >= 11 is 11.2. The quantitative estimate of drug-likeness (QED) is 0.879. The standard InChI is InChI=1S/C9H6Cl2F3NO/c10-5-1-2-7(11)6(3-5)8(16)15-4-9(12,13)14/h1-3H,4H2,(H,15,16). The highest BCUT2D eigenvalue weighted by molar-refractivity contribution is 6.35. The lowest BCUT2D eigenvalue weighted by Gasteiger charge is -2.09. The minimum atomic E-state index is -4.46. The number of carbonyl (C=O) groups is 1. The van der Waals surface area contributed by atoms with Gasteiger partial charge in [-0.3, -0.25) is 4.79 Å². The van der Waals surface area contributed by atoms with Gasteiger partial charge in [0.05, 0.1) is 10.6 Å². The van der Waals surface area contributed by atoms with Crippen molar-refractivity contribution in [3.8, 4) is 0 Å². The molecule has 0 saturated carbocycles. The van der Waals surface area contributed by atoms with Gasteiger partial charge < -0.3 is 5.32 Å². The first-order valence-corrected chi connectivity index (χ1v) is 4.85. The van der Waals surface area contributed by atoms with E-state index in [2.05, 4.69) is 0 Å². The van der Waals surface area contributed by atoms with Crippen LogP contribution in [0.25, 0.3) is 0 Å². The molecule has 1 rings (SSSR count). The lowest BCUT2D eigenvalue weighted by atomic mass is 10.2. The van der Waals surface area contributed by atoms with Crippen molar-refractivity contribution >= 4 is 29.1 Å². The van der Waals surface area contributed by atoms with Crippen LogP contribution < -0.4 is 5.32 Å². The Morgan fingerprint density at radius 1 is 1.31 bits per heavy atom. The number of halogens is 5. The first-order chi connectivity index (χ1) is 7.29. The minimum Gasteiger partial charge on any atom is -0.343 e. The molecule has 1 N–H and O–H groups in total. The molecule has 0 aliphatic heterocycles. The molecule has 0 aliphatic rings. The summed E-state index contributed by atoms with van der Waals surface area (Å²) < 4.78 is 35.5. The molecule has 0 heterocycles. The van der Waals surface area contributed by atoms with E-state index in [0.29, 0.717) is 0 Å². The molecule has 0 aromatic heterocycles. The van der Waals surface area contributed by atoms with Gasteiger partial charge in [0, 0.05) is 5.02 Å². The Hall–Kier alpha value is -0.940. The van der Waals surface area contributed by atoms with Crippen LogP contribution in [0.2, 0.25) is 10.0 Å². The maximum Gasteiger partial charge on any atom is 0.405 e. The molecule has 0 saturated heterocycles. The van der Waals surface area contributed by atoms with Gasteiger partial charge in [-0.2, -0.15) is 13.2 Å². The van der Waals surface area contributed by atoms with Crippen molar-refractivity contribution in [1.29, 1.82) is 0 Å². The summed E-state index contributed by atoms with van der Waals surface area (Å²) in [4.78, 5) is 11.3. The normalized spacial score (nSPS) is 11.3. The molecule has 0 atom stereocenters. The number of carbonyl (C=O) groups excluding carboxylic acids is 1. The predicted octanol–water partition coefficient (Wildman–Crippen LogP) is 3.29. The number of alkyl halides is 3. The number of amides is 1. The van der Waals surface area contributed by atoms with E-state index in [9.17, 15) is 18.0 Å². The maximum atomic E-state index is 11.8. The molecule has 1 aromatic rings. The molecule has 0 fully saturated rings. The van der Waals surface area contributed by atoms with Crippen LogP contribution in [0.1, 0.15) is 10.4 Å². The Morgan fingerprint density at radius 2 is 1.94 bits per heavy atom. The Labute approximate surface area is 99.3 Å². The molecule has 7 heteroatoms. The highest BCUT2D eigenvalue weighted by Crippen LogP contribution is 2.21. The van der Waals surface area contributed by atoms with Gasteiger partial charge in [-0.1, -0.05) is 23.2 Å². The molecule has 0 spiro atoms. The summed E-state index contributed by atoms with van der Waals surface area (Å²) in [5, 5.41) is 1.97. The van der Waals surface area contributed by atoms with E-state index in [0.717, 1.165) is 0 Å². The van der Waals surface area contributed by atoms with Gasteiger partial charge in [0.2, 0.25) is 0 Å². The average molecular weight is 272 g/mol. The zero-order chi connectivity index (χ0) is 12.3. The maximum absolute atomic E-state index is 11.8. The highest BCUT2D eigenvalue weighted by atomic mass is 35.5. The predicted molar refractivity (Wildman–Crippen MR) is 54.9 cm³/mol. The van der Waals surface area contributed by atoms with E-state index < -0.39 is 18.6 Å². The molecule has 2 nitrogen and oxygen atoms in total. The molecular weight excluding hydrogens is 266 g/mol. The van der Waals surface area contributed by atoms with Gasteiger partial charge in [-0.05, 0) is 18.2 Å². The average Bonchev–Trinajstić information content (AvgIpc) is 2.17. The van der Waals surface area contributed by atoms with Crippen LogP contribution in [0.4, 0.5) is 13.2 Å². The second-order valence-corrected chi connectivity index (χ2v) is 3.77. The van der Waals surface area contributed by atoms with Gasteiger partial charge in [-0.15, -0.1) is 0 Å². The van der Waals surface area contributed by atoms with Crippen molar-refractivity contribution in [3.05, 3.63) is 33.8 Å². The van der Waals surface area contributed by atoms with Crippen molar-refractivity contribution in [1.82, 2.24) is 5.32 Å². The molecular formula is C9H6Cl2F3NO. The number of hydrogen-bond acceptors (Lipinski definition) is 1. The van der Waals surface area contributed by atoms with Gasteiger partial charge >= 0.3 is 6.18 Å². The van der Waals surface area contributed by atoms with Crippen molar-refractivity contribution in [2.45, 2.75) is 6.18 Å². The summed E-state index contributed by atoms with van der Waals surface area (Å²) in [7, 11) is 0. The third-order valence-corrected chi connectivity index (χ3v) is 2.19. The van der Waals surface area contributed by atoms with Gasteiger partial charge in [0.1, 0.15) is 6.54 Å². The molecule has 1 amide bonds. The van der Waals surface area contributed by atoms with Crippen LogP contribution in [-0.4, -0.2) is 18.6 Å². The third kappa shape index (κ3) is 3.90. The molecule has 88 valence electrons. The summed E-state index contributed by atoms with van der Waals surface area (Å²) in [5.41, 5.74) is -0.0848. The van der Waals surface area contributed by atoms with Crippen LogP contribution in [-0.2, 0) is 0 Å². The number of hydrogen-bond donors (Lipinski definition) is 1. The van der Waals surface area contributed by atoms with Gasteiger partial charge in [0.25, 0.3) is 5.91 Å². The lowest BCUT2D eigenvalue weighted by molar-refractivity contribution is -0.123. The van der Waals surface area contributed by atoms with Gasteiger partial charge in [-0.25, -0.2) is 0 Å². The summed E-state index contributed by atoms with van der Waals surface area (Å²) in [6.07, 6.45) is -4.46. The Bertz CT molecular complexity index is 406. The van der Waals surface area contributed by atoms with Crippen LogP contribution in [0, 0.1) is 0 Å². The van der Waals surface area contributed by atoms with E-state index in [-0.39, 0.29) is 15.6 Å². The fourth-order valence-corrected chi connectivity index (χ4v) is 1.32. The van der Waals surface area contributed by atoms with Crippen molar-refractivity contribution < 1.29 is 18.0 Å². The van der Waals surface area contributed by atoms with E-state index in [1.165, 1.54) is 18.2 Å². The smallest absolute Gasteiger partial charge is 0.343 e. The van der Waals surface area contributed by atoms with E-state index in [4.69, 9.17) is 23.2 Å². The zero-order valence-electron chi connectivity index (χ0n) is 7.74. The van der Waals surface area contributed by atoms with E-state index in [1.807, 2.05) is 0 Å². The van der Waals surface area contributed by atoms with Crippen molar-refractivity contribution in [3.63, 3.8) is 0 Å². The Morgan fingerprint density at radius 3 is 2.50 bits per heavy atom. The monoisotopic (exact) mass is 271 g/mol. The highest BCUT2D eigenvalue weighted by Gasteiger charge is 2.28. The topological polar surface area (TPSA) is 29.1 Å². The molecule has 1 aromatic carbocycles. The summed E-state index contributed by atoms with van der Waals surface area (Å²) in [5.74, 6) is -0.912. The Kier molecular flexibility index (Phi) is 4.04. The van der Waals surface area contributed by atoms with Crippen molar-refractivity contribution in [2.24, 2.45) is 0 Å². The van der Waals surface area contributed by atoms with Crippen LogP contribution in [0.3, 0.4) is 0 Å². The number of nitrogens with one attached hydrogen (secondary N) is 1. The first kappa shape index (κ1) is 13.1. The van der Waals surface area contributed by atoms with Crippen LogP contribution >= 0.6 is 23.2 Å². The zero-order valence-corrected chi connectivity index (χ0v) is 9.25. The van der Waals surface area contributed by atoms with E-state index in [1.54, 1.807) is 5.32 Å². The minimum absolute atomic E-state index is 0.0454. The molecule has 0 radical (unpaired) electrons. The van der Waals surface area contributed by atoms with Gasteiger partial charge in [0.15, 0.2) is 0 Å². The first-order valence-electron chi connectivity index (χ1n) is 4.09. The molecule has 0 unspecified atom stereocenters. The fraction of sp³-hybridized carbons (Fsp3) is 0.222. The molecule has 0 aliphatic carbocycles. The summed E-state index contributed by atoms with van der Waals surface area (Å²) in [6, 6.07) is 3.98. The SMILES string of the molecule is O=C(NCC(F)(F)F)c1cc(Cl)ccc1Cl. The van der Waals surface area contributed by atoms with E-state index >= 15 is 0 Å². The van der Waals surface area contributed by atoms with Crippen LogP contribution in [0.5, 0.6) is 0 Å². The second-order valence-electron chi connectivity index (χ2n) is 2.92. The number of benzene rings is 1. The molecule has 16 heavy (non-hydrogen) atoms. The van der Waals surface area contributed by atoms with Crippen molar-refractivity contribution in [2.75, 3.05) is 6.54 Å². The lowest BCUT2D eigenvalue weighted by Crippen LogP contribution is -2.33. The Balaban J connectivity index is 2.77. The second kappa shape index (κ2) is 4.93. The molecule has 0 bridgehead atoms. The number of rotatable bonds is 2.